The van der Waals surface area contributed by atoms with Crippen LogP contribution in [0.25, 0.3) is 0 Å². The van der Waals surface area contributed by atoms with Crippen molar-refractivity contribution in [2.45, 2.75) is 238 Å². The van der Waals surface area contributed by atoms with Crippen LogP contribution in [0.1, 0.15) is 179 Å². The van der Waals surface area contributed by atoms with Crippen LogP contribution in [0.3, 0.4) is 0 Å². The van der Waals surface area contributed by atoms with Crippen LogP contribution in [0.15, 0.2) is 0 Å². The third-order valence-electron chi connectivity index (χ3n) is 10.2. The standard InChI is InChI=1S/C11H19F2NO2.C11H21NO3.C11H19NO3.C6H11F2N.C4H10F3NS.C2Cl2O2.C2H4Cl2.2ClH/c1-10(2,3)16-9(15)14-8-6-4-5-7-11(8,12)13;2*1-11(2,3)15-10(14)12-8-6-4-5-7-9(8)13;7-6(8)4-2-1-3-5(6)9;1-3-8(4-2)9(5,6)7;3-1(5)2(4)6;3-1-2-4;;/h8H,4-7H2,1-3H3,(H,14,15);8-9,13H,4-7H2,1-3H3,(H,12,14);8H,4-7H2,1-3H3,(H,12,14);5H,1-4,9H2;3-4H2,1-2H3;;1-2H2;2*1H. The summed E-state index contributed by atoms with van der Waals surface area (Å²) in [6.07, 6.45) is 8.12. The molecular formula is C47H86Cl6F7N5O10S. The zero-order chi connectivity index (χ0) is 58.3. The van der Waals surface area contributed by atoms with Gasteiger partial charge in [0, 0.05) is 44.1 Å². The number of nitrogens with two attached hydrogens (primary N) is 1. The number of halogens is 13. The first kappa shape index (κ1) is 83.1. The van der Waals surface area contributed by atoms with Crippen molar-refractivity contribution in [1.82, 2.24) is 20.3 Å². The molecule has 5 unspecified atom stereocenters. The van der Waals surface area contributed by atoms with Gasteiger partial charge in [0.1, 0.15) is 16.8 Å². The summed E-state index contributed by atoms with van der Waals surface area (Å²) >= 11 is 14.2. The summed E-state index contributed by atoms with van der Waals surface area (Å²) in [7, 11) is 0. The molecule has 4 rings (SSSR count). The van der Waals surface area contributed by atoms with Crippen molar-refractivity contribution in [1.29, 1.82) is 0 Å². The van der Waals surface area contributed by atoms with Crippen molar-refractivity contribution in [3.05, 3.63) is 0 Å². The molecule has 76 heavy (non-hydrogen) atoms. The Morgan fingerprint density at radius 3 is 1.33 bits per heavy atom. The van der Waals surface area contributed by atoms with E-state index >= 15 is 0 Å². The van der Waals surface area contributed by atoms with Gasteiger partial charge in [-0.05, 0) is 137 Å². The average Bonchev–Trinajstić information content (AvgIpc) is 3.23. The van der Waals surface area contributed by atoms with Crippen LogP contribution in [0, 0.1) is 0 Å². The highest BCUT2D eigenvalue weighted by Gasteiger charge is 2.43. The van der Waals surface area contributed by atoms with E-state index in [0.717, 1.165) is 57.8 Å². The number of alkyl carbamates (subject to hydrolysis) is 3. The molecule has 0 bridgehead atoms. The summed E-state index contributed by atoms with van der Waals surface area (Å²) < 4.78 is 103. The Morgan fingerprint density at radius 2 is 1.01 bits per heavy atom. The van der Waals surface area contributed by atoms with Crippen molar-refractivity contribution in [3.63, 3.8) is 0 Å². The molecule has 0 aromatic rings. The van der Waals surface area contributed by atoms with Gasteiger partial charge in [0.2, 0.25) is 0 Å². The van der Waals surface area contributed by atoms with Gasteiger partial charge in [-0.15, -0.1) is 59.7 Å². The van der Waals surface area contributed by atoms with E-state index in [0.29, 0.717) is 48.2 Å². The molecule has 29 heteroatoms. The minimum Gasteiger partial charge on any atom is -0.444 e. The number of hydrogen-bond acceptors (Lipinski definition) is 12. The summed E-state index contributed by atoms with van der Waals surface area (Å²) in [6.45, 7) is 19.1. The van der Waals surface area contributed by atoms with E-state index in [1.165, 1.54) is 13.8 Å². The van der Waals surface area contributed by atoms with Crippen molar-refractivity contribution in [3.8, 4) is 0 Å². The van der Waals surface area contributed by atoms with E-state index in [2.05, 4.69) is 39.2 Å². The number of aliphatic hydroxyl groups excluding tert-OH is 1. The maximum Gasteiger partial charge on any atom is 0.408 e. The van der Waals surface area contributed by atoms with E-state index < -0.39 is 87.0 Å². The smallest absolute Gasteiger partial charge is 0.408 e. The molecule has 4 aliphatic carbocycles. The number of ether oxygens (including phenoxy) is 3. The predicted octanol–water partition coefficient (Wildman–Crippen LogP) is 14.0. The van der Waals surface area contributed by atoms with Crippen LogP contribution < -0.4 is 21.7 Å². The molecule has 0 heterocycles. The first-order valence-electron chi connectivity index (χ1n) is 24.6. The Morgan fingerprint density at radius 1 is 0.632 bits per heavy atom. The van der Waals surface area contributed by atoms with Gasteiger partial charge in [-0.1, -0.05) is 46.0 Å². The highest BCUT2D eigenvalue weighted by molar-refractivity contribution is 8.18. The Kier molecular flexibility index (Phi) is 45.2. The molecule has 0 spiro atoms. The van der Waals surface area contributed by atoms with Crippen LogP contribution in [0.4, 0.5) is 43.6 Å². The largest absolute Gasteiger partial charge is 0.444 e. The van der Waals surface area contributed by atoms with Crippen molar-refractivity contribution in [2.24, 2.45) is 5.73 Å². The first-order valence-corrected chi connectivity index (χ1v) is 27.7. The molecule has 4 aliphatic rings. The molecule has 15 nitrogen and oxygen atoms in total. The first-order chi connectivity index (χ1) is 33.7. The summed E-state index contributed by atoms with van der Waals surface area (Å²) in [5, 5.41) is 14.9. The number of carbonyl (C=O) groups excluding carboxylic acids is 6. The summed E-state index contributed by atoms with van der Waals surface area (Å²) in [4.78, 5) is 64.4. The Bertz CT molecular complexity index is 1640. The number of aliphatic hydroxyl groups is 1. The number of carbonyl (C=O) groups is 6. The lowest BCUT2D eigenvalue weighted by Gasteiger charge is -2.32. The minimum absolute atomic E-state index is 0. The van der Waals surface area contributed by atoms with Gasteiger partial charge in [0.25, 0.3) is 23.2 Å². The molecule has 3 amide bonds. The molecule has 0 aromatic heterocycles. The molecule has 0 aliphatic heterocycles. The summed E-state index contributed by atoms with van der Waals surface area (Å²) in [5.74, 6) is -4.16. The lowest BCUT2D eigenvalue weighted by Crippen LogP contribution is -2.50. The molecule has 5 atom stereocenters. The lowest BCUT2D eigenvalue weighted by atomic mass is 9.92. The second-order valence-electron chi connectivity index (χ2n) is 20.3. The number of nitrogens with one attached hydrogen (secondary N) is 3. The van der Waals surface area contributed by atoms with Gasteiger partial charge >= 0.3 is 28.8 Å². The highest BCUT2D eigenvalue weighted by Crippen LogP contribution is 2.56. The van der Waals surface area contributed by atoms with E-state index in [1.807, 2.05) is 20.8 Å². The number of rotatable bonds is 8. The van der Waals surface area contributed by atoms with Crippen molar-refractivity contribution >= 4 is 117 Å². The topological polar surface area (TPSA) is 216 Å². The molecule has 4 fully saturated rings. The van der Waals surface area contributed by atoms with Crippen molar-refractivity contribution < 1.29 is 77.3 Å². The summed E-state index contributed by atoms with van der Waals surface area (Å²) in [6, 6.07) is -2.45. The number of amides is 3. The third-order valence-corrected chi connectivity index (χ3v) is 12.3. The molecule has 6 N–H and O–H groups in total. The second kappa shape index (κ2) is 41.3. The van der Waals surface area contributed by atoms with Crippen LogP contribution >= 0.6 is 82.6 Å². The monoisotopic (exact) mass is 1260 g/mol. The fraction of sp³-hybridized carbons (Fsp3) is 0.872. The van der Waals surface area contributed by atoms with Gasteiger partial charge < -0.3 is 41.0 Å². The minimum atomic E-state index is -4.93. The molecule has 0 saturated heterocycles. The van der Waals surface area contributed by atoms with E-state index in [9.17, 15) is 63.1 Å². The Hall–Kier alpha value is -1.70. The number of ketones is 1. The van der Waals surface area contributed by atoms with Crippen LogP contribution in [0.2, 0.25) is 0 Å². The van der Waals surface area contributed by atoms with Gasteiger partial charge in [0.05, 0.1) is 30.3 Å². The van der Waals surface area contributed by atoms with Crippen LogP contribution in [-0.2, 0) is 28.6 Å². The summed E-state index contributed by atoms with van der Waals surface area (Å²) in [5.41, 5.74) is 3.51. The van der Waals surface area contributed by atoms with Gasteiger partial charge in [-0.3, -0.25) is 14.4 Å². The van der Waals surface area contributed by atoms with E-state index in [4.69, 9.17) is 43.1 Å². The number of nitrogens with zero attached hydrogens (tertiary/aromatic N) is 1. The zero-order valence-corrected chi connectivity index (χ0v) is 51.0. The van der Waals surface area contributed by atoms with Gasteiger partial charge in [-0.2, -0.15) is 4.31 Å². The lowest BCUT2D eigenvalue weighted by molar-refractivity contribution is -0.127. The van der Waals surface area contributed by atoms with Gasteiger partial charge in [0.15, 0.2) is 5.78 Å². The number of alkyl halides is 6. The second-order valence-corrected chi connectivity index (χ2v) is 23.0. The highest BCUT2D eigenvalue weighted by atomic mass is 35.5. The molecular weight excluding hydrogens is 1170 g/mol. The fourth-order valence-electron chi connectivity index (χ4n) is 6.68. The Balaban J connectivity index is -0.000000266. The van der Waals surface area contributed by atoms with Crippen molar-refractivity contribution in [2.75, 3.05) is 24.8 Å². The van der Waals surface area contributed by atoms with E-state index in [1.54, 1.807) is 41.5 Å². The maximum atomic E-state index is 13.4. The third kappa shape index (κ3) is 45.1. The fourth-order valence-corrected chi connectivity index (χ4v) is 7.27. The van der Waals surface area contributed by atoms with Crippen LogP contribution in [-0.4, -0.2) is 128 Å². The maximum absolute atomic E-state index is 13.4. The molecule has 0 aromatic carbocycles. The zero-order valence-electron chi connectivity index (χ0n) is 45.6. The quantitative estimate of drug-likeness (QED) is 0.0504. The number of Topliss-reactive ketones (excluding diaryl/α,β-unsaturated/α-hetero) is 1. The normalized spacial score (nSPS) is 21.8. The van der Waals surface area contributed by atoms with Crippen LogP contribution in [0.5, 0.6) is 0 Å². The predicted molar refractivity (Wildman–Crippen MR) is 294 cm³/mol. The van der Waals surface area contributed by atoms with E-state index in [-0.39, 0.29) is 68.6 Å². The number of hydrogen-bond donors (Lipinski definition) is 5. The Labute approximate surface area is 480 Å². The van der Waals surface area contributed by atoms with Gasteiger partial charge in [-0.25, -0.2) is 31.9 Å². The molecule has 0 radical (unpaired) electrons. The molecule has 456 valence electrons. The average molecular weight is 1260 g/mol. The molecule has 4 saturated carbocycles. The SMILES string of the molecule is CC(C)(C)OC(=O)NC1CCCCC1(F)F.CC(C)(C)OC(=O)NC1CCCCC1=O.CC(C)(C)OC(=O)NC1CCCCC1O.CCN(CC)S(F)(F)F.Cl.Cl.ClCCCl.NC1CCCCC1(F)F.O=C(Cl)C(=O)Cl.